The van der Waals surface area contributed by atoms with Gasteiger partial charge in [0.1, 0.15) is 5.75 Å². The van der Waals surface area contributed by atoms with Crippen LogP contribution in [-0.2, 0) is 6.54 Å². The molecule has 0 saturated carbocycles. The van der Waals surface area contributed by atoms with Gasteiger partial charge < -0.3 is 15.0 Å². The minimum Gasteiger partial charge on any atom is -0.494 e. The zero-order chi connectivity index (χ0) is 16.2. The molecule has 0 aliphatic carbocycles. The number of unbranched alkanes of at least 4 members (excludes halogenated alkanes) is 1. The maximum absolute atomic E-state index is 8.52. The second-order valence-electron chi connectivity index (χ2n) is 6.19. The zero-order valence-corrected chi connectivity index (χ0v) is 14.1. The number of benzene rings is 1. The first-order valence-electron chi connectivity index (χ1n) is 8.90. The highest BCUT2D eigenvalue weighted by atomic mass is 16.5. The fraction of sp³-hybridized carbons (Fsp3) is 0.632. The molecule has 126 valence electrons. The molecule has 1 heterocycles. The molecule has 0 radical (unpaired) electrons. The van der Waals surface area contributed by atoms with Gasteiger partial charge >= 0.3 is 0 Å². The SMILES string of the molecule is N#CCCCOc1cccc(CNCCN2CCCCCC2)c1. The van der Waals surface area contributed by atoms with Gasteiger partial charge in [-0.15, -0.1) is 0 Å². The van der Waals surface area contributed by atoms with Gasteiger partial charge in [0.15, 0.2) is 0 Å². The predicted octanol–water partition coefficient (Wildman–Crippen LogP) is 3.33. The lowest BCUT2D eigenvalue weighted by molar-refractivity contribution is 0.284. The topological polar surface area (TPSA) is 48.3 Å². The summed E-state index contributed by atoms with van der Waals surface area (Å²) in [4.78, 5) is 2.58. The molecule has 1 saturated heterocycles. The van der Waals surface area contributed by atoms with E-state index in [0.717, 1.165) is 31.8 Å². The number of nitriles is 1. The molecule has 0 unspecified atom stereocenters. The summed E-state index contributed by atoms with van der Waals surface area (Å²) in [5, 5.41) is 12.1. The van der Waals surface area contributed by atoms with Gasteiger partial charge in [-0.2, -0.15) is 5.26 Å². The Kier molecular flexibility index (Phi) is 8.53. The third-order valence-electron chi connectivity index (χ3n) is 4.23. The predicted molar refractivity (Wildman–Crippen MR) is 93.4 cm³/mol. The smallest absolute Gasteiger partial charge is 0.119 e. The van der Waals surface area contributed by atoms with E-state index in [2.05, 4.69) is 28.4 Å². The molecule has 4 nitrogen and oxygen atoms in total. The van der Waals surface area contributed by atoms with Crippen molar-refractivity contribution < 1.29 is 4.74 Å². The van der Waals surface area contributed by atoms with E-state index in [0.29, 0.717) is 13.0 Å². The van der Waals surface area contributed by atoms with E-state index in [9.17, 15) is 0 Å². The fourth-order valence-electron chi connectivity index (χ4n) is 2.92. The summed E-state index contributed by atoms with van der Waals surface area (Å²) in [6.45, 7) is 6.18. The Bertz CT molecular complexity index is 476. The minimum absolute atomic E-state index is 0.553. The van der Waals surface area contributed by atoms with Crippen LogP contribution in [0.3, 0.4) is 0 Å². The first-order valence-corrected chi connectivity index (χ1v) is 8.90. The van der Waals surface area contributed by atoms with Crippen LogP contribution in [0.25, 0.3) is 0 Å². The fourth-order valence-corrected chi connectivity index (χ4v) is 2.92. The van der Waals surface area contributed by atoms with Gasteiger partial charge in [0.05, 0.1) is 12.7 Å². The number of likely N-dealkylation sites (tertiary alicyclic amines) is 1. The van der Waals surface area contributed by atoms with Crippen LogP contribution >= 0.6 is 0 Å². The van der Waals surface area contributed by atoms with Gasteiger partial charge in [0.25, 0.3) is 0 Å². The first-order chi connectivity index (χ1) is 11.4. The summed E-state index contributed by atoms with van der Waals surface area (Å²) >= 11 is 0. The van der Waals surface area contributed by atoms with Gasteiger partial charge in [0.2, 0.25) is 0 Å². The molecule has 0 bridgehead atoms. The largest absolute Gasteiger partial charge is 0.494 e. The molecule has 1 aromatic rings. The van der Waals surface area contributed by atoms with Gasteiger partial charge in [-0.3, -0.25) is 0 Å². The minimum atomic E-state index is 0.553. The summed E-state index contributed by atoms with van der Waals surface area (Å²) in [7, 11) is 0. The lowest BCUT2D eigenvalue weighted by atomic mass is 10.2. The molecule has 1 aliphatic rings. The maximum Gasteiger partial charge on any atom is 0.119 e. The molecule has 0 amide bonds. The summed E-state index contributed by atoms with van der Waals surface area (Å²) in [6.07, 6.45) is 6.83. The molecule has 4 heteroatoms. The molecular formula is C19H29N3O. The van der Waals surface area contributed by atoms with Gasteiger partial charge in [-0.1, -0.05) is 25.0 Å². The van der Waals surface area contributed by atoms with Crippen molar-refractivity contribution in [2.75, 3.05) is 32.8 Å². The Morgan fingerprint density at radius 1 is 1.17 bits per heavy atom. The number of nitrogens with zero attached hydrogens (tertiary/aromatic N) is 2. The van der Waals surface area contributed by atoms with Gasteiger partial charge in [-0.05, 0) is 50.0 Å². The Balaban J connectivity index is 1.64. The highest BCUT2D eigenvalue weighted by molar-refractivity contribution is 5.28. The Labute approximate surface area is 140 Å². The molecular weight excluding hydrogens is 286 g/mol. The standard InChI is InChI=1S/C19H29N3O/c20-10-3-6-15-23-19-9-7-8-18(16-19)17-21-11-14-22-12-4-1-2-5-13-22/h7-9,16,21H,1-6,11-15,17H2. The molecule has 1 aromatic carbocycles. The van der Waals surface area contributed by atoms with E-state index in [1.54, 1.807) is 0 Å². The van der Waals surface area contributed by atoms with Crippen LogP contribution in [0, 0.1) is 11.3 Å². The van der Waals surface area contributed by atoms with Crippen LogP contribution in [0.5, 0.6) is 5.75 Å². The molecule has 1 fully saturated rings. The lowest BCUT2D eigenvalue weighted by Gasteiger charge is -2.19. The van der Waals surface area contributed by atoms with Crippen molar-refractivity contribution in [1.29, 1.82) is 5.26 Å². The van der Waals surface area contributed by atoms with Crippen LogP contribution < -0.4 is 10.1 Å². The average molecular weight is 315 g/mol. The molecule has 2 rings (SSSR count). The van der Waals surface area contributed by atoms with Crippen LogP contribution in [0.1, 0.15) is 44.1 Å². The summed E-state index contributed by atoms with van der Waals surface area (Å²) in [5.41, 5.74) is 1.25. The Hall–Kier alpha value is -1.57. The number of ether oxygens (including phenoxy) is 1. The van der Waals surface area contributed by atoms with Crippen molar-refractivity contribution in [3.63, 3.8) is 0 Å². The van der Waals surface area contributed by atoms with Crippen molar-refractivity contribution in [1.82, 2.24) is 10.2 Å². The maximum atomic E-state index is 8.52. The second-order valence-corrected chi connectivity index (χ2v) is 6.19. The first kappa shape index (κ1) is 17.8. The molecule has 0 aromatic heterocycles. The summed E-state index contributed by atoms with van der Waals surface area (Å²) in [6, 6.07) is 10.4. The number of hydrogen-bond acceptors (Lipinski definition) is 4. The van der Waals surface area contributed by atoms with E-state index in [4.69, 9.17) is 10.00 Å². The van der Waals surface area contributed by atoms with E-state index in [1.807, 2.05) is 12.1 Å². The zero-order valence-electron chi connectivity index (χ0n) is 14.1. The van der Waals surface area contributed by atoms with Crippen molar-refractivity contribution in [3.05, 3.63) is 29.8 Å². The molecule has 1 aliphatic heterocycles. The lowest BCUT2D eigenvalue weighted by Crippen LogP contribution is -2.32. The van der Waals surface area contributed by atoms with E-state index in [1.165, 1.54) is 44.3 Å². The normalized spacial score (nSPS) is 15.8. The number of hydrogen-bond donors (Lipinski definition) is 1. The third-order valence-corrected chi connectivity index (χ3v) is 4.23. The summed E-state index contributed by atoms with van der Waals surface area (Å²) < 4.78 is 5.68. The number of rotatable bonds is 9. The van der Waals surface area contributed by atoms with E-state index in [-0.39, 0.29) is 0 Å². The van der Waals surface area contributed by atoms with Crippen molar-refractivity contribution in [2.24, 2.45) is 0 Å². The van der Waals surface area contributed by atoms with Crippen molar-refractivity contribution >= 4 is 0 Å². The third kappa shape index (κ3) is 7.49. The Morgan fingerprint density at radius 2 is 2.00 bits per heavy atom. The molecule has 1 N–H and O–H groups in total. The average Bonchev–Trinajstić information content (AvgIpc) is 2.85. The van der Waals surface area contributed by atoms with E-state index < -0.39 is 0 Å². The molecule has 0 atom stereocenters. The second kappa shape index (κ2) is 11.0. The van der Waals surface area contributed by atoms with Crippen LogP contribution in [0.2, 0.25) is 0 Å². The van der Waals surface area contributed by atoms with Crippen molar-refractivity contribution in [2.45, 2.75) is 45.1 Å². The summed E-state index contributed by atoms with van der Waals surface area (Å²) in [5.74, 6) is 0.898. The number of nitrogens with one attached hydrogen (secondary N) is 1. The van der Waals surface area contributed by atoms with Crippen LogP contribution in [-0.4, -0.2) is 37.7 Å². The quantitative estimate of drug-likeness (QED) is 0.710. The molecule has 0 spiro atoms. The van der Waals surface area contributed by atoms with E-state index >= 15 is 0 Å². The highest BCUT2D eigenvalue weighted by Gasteiger charge is 2.07. The monoisotopic (exact) mass is 315 g/mol. The highest BCUT2D eigenvalue weighted by Crippen LogP contribution is 2.14. The van der Waals surface area contributed by atoms with Crippen molar-refractivity contribution in [3.8, 4) is 11.8 Å². The Morgan fingerprint density at radius 3 is 2.78 bits per heavy atom. The molecule has 23 heavy (non-hydrogen) atoms. The van der Waals surface area contributed by atoms with Gasteiger partial charge in [-0.25, -0.2) is 0 Å². The van der Waals surface area contributed by atoms with Crippen LogP contribution in [0.4, 0.5) is 0 Å². The van der Waals surface area contributed by atoms with Crippen LogP contribution in [0.15, 0.2) is 24.3 Å². The van der Waals surface area contributed by atoms with Gasteiger partial charge in [0, 0.05) is 26.1 Å².